The van der Waals surface area contributed by atoms with E-state index in [1.165, 1.54) is 18.1 Å². The summed E-state index contributed by atoms with van der Waals surface area (Å²) < 4.78 is 16.2. The SMILES string of the molecule is Fc1cccc(Cl)c1C(C1=CCCCC1)n1ccnc1. The molecule has 1 aliphatic carbocycles. The van der Waals surface area contributed by atoms with Crippen molar-refractivity contribution >= 4 is 11.6 Å². The van der Waals surface area contributed by atoms with Crippen LogP contribution in [-0.4, -0.2) is 9.55 Å². The van der Waals surface area contributed by atoms with Crippen molar-refractivity contribution in [2.75, 3.05) is 0 Å². The lowest BCUT2D eigenvalue weighted by molar-refractivity contribution is 0.542. The molecule has 20 heavy (non-hydrogen) atoms. The molecule has 104 valence electrons. The number of hydrogen-bond acceptors (Lipinski definition) is 1. The van der Waals surface area contributed by atoms with Gasteiger partial charge in [0.2, 0.25) is 0 Å². The van der Waals surface area contributed by atoms with E-state index in [9.17, 15) is 4.39 Å². The van der Waals surface area contributed by atoms with Gasteiger partial charge in [-0.2, -0.15) is 0 Å². The van der Waals surface area contributed by atoms with Crippen molar-refractivity contribution in [3.8, 4) is 0 Å². The Morgan fingerprint density at radius 1 is 1.30 bits per heavy atom. The largest absolute Gasteiger partial charge is 0.326 e. The van der Waals surface area contributed by atoms with E-state index < -0.39 is 0 Å². The van der Waals surface area contributed by atoms with Crippen LogP contribution >= 0.6 is 11.6 Å². The van der Waals surface area contributed by atoms with Gasteiger partial charge in [0.05, 0.1) is 12.4 Å². The quantitative estimate of drug-likeness (QED) is 0.745. The summed E-state index contributed by atoms with van der Waals surface area (Å²) in [6.07, 6.45) is 11.9. The zero-order valence-corrected chi connectivity index (χ0v) is 11.9. The number of halogens is 2. The fraction of sp³-hybridized carbons (Fsp3) is 0.312. The molecule has 0 bridgehead atoms. The molecule has 0 aliphatic heterocycles. The van der Waals surface area contributed by atoms with Crippen LogP contribution in [0.15, 0.2) is 48.6 Å². The van der Waals surface area contributed by atoms with E-state index in [2.05, 4.69) is 11.1 Å². The van der Waals surface area contributed by atoms with Gasteiger partial charge in [-0.3, -0.25) is 0 Å². The van der Waals surface area contributed by atoms with E-state index in [4.69, 9.17) is 11.6 Å². The number of nitrogens with zero attached hydrogens (tertiary/aromatic N) is 2. The lowest BCUT2D eigenvalue weighted by Crippen LogP contribution is -2.15. The molecule has 0 saturated carbocycles. The summed E-state index contributed by atoms with van der Waals surface area (Å²) >= 11 is 6.26. The Hall–Kier alpha value is -1.61. The summed E-state index contributed by atoms with van der Waals surface area (Å²) in [6, 6.07) is 4.66. The molecule has 0 N–H and O–H groups in total. The lowest BCUT2D eigenvalue weighted by Gasteiger charge is -2.26. The van der Waals surface area contributed by atoms with E-state index in [1.807, 2.05) is 10.8 Å². The van der Waals surface area contributed by atoms with Gasteiger partial charge in [0.25, 0.3) is 0 Å². The maximum Gasteiger partial charge on any atom is 0.130 e. The number of benzene rings is 1. The molecule has 1 unspecified atom stereocenters. The fourth-order valence-corrected chi connectivity index (χ4v) is 3.10. The minimum Gasteiger partial charge on any atom is -0.326 e. The van der Waals surface area contributed by atoms with E-state index in [0.717, 1.165) is 19.3 Å². The monoisotopic (exact) mass is 290 g/mol. The summed E-state index contributed by atoms with van der Waals surface area (Å²) in [6.45, 7) is 0. The molecule has 1 aromatic heterocycles. The van der Waals surface area contributed by atoms with E-state index >= 15 is 0 Å². The van der Waals surface area contributed by atoms with E-state index in [0.29, 0.717) is 10.6 Å². The number of aromatic nitrogens is 2. The van der Waals surface area contributed by atoms with Gasteiger partial charge >= 0.3 is 0 Å². The van der Waals surface area contributed by atoms with Crippen LogP contribution in [0.1, 0.15) is 37.3 Å². The Kier molecular flexibility index (Phi) is 3.88. The van der Waals surface area contributed by atoms with Crippen LogP contribution in [0, 0.1) is 5.82 Å². The maximum absolute atomic E-state index is 14.3. The van der Waals surface area contributed by atoms with Gasteiger partial charge in [-0.1, -0.05) is 23.7 Å². The Morgan fingerprint density at radius 2 is 2.20 bits per heavy atom. The second kappa shape index (κ2) is 5.80. The fourth-order valence-electron chi connectivity index (χ4n) is 2.83. The third-order valence-electron chi connectivity index (χ3n) is 3.77. The highest BCUT2D eigenvalue weighted by molar-refractivity contribution is 6.31. The highest BCUT2D eigenvalue weighted by atomic mass is 35.5. The Balaban J connectivity index is 2.13. The van der Waals surface area contributed by atoms with Crippen LogP contribution in [-0.2, 0) is 0 Å². The highest BCUT2D eigenvalue weighted by Gasteiger charge is 2.24. The Labute approximate surface area is 122 Å². The molecule has 1 atom stereocenters. The average molecular weight is 291 g/mol. The normalized spacial score (nSPS) is 16.8. The van der Waals surface area contributed by atoms with Crippen LogP contribution < -0.4 is 0 Å². The third-order valence-corrected chi connectivity index (χ3v) is 4.10. The topological polar surface area (TPSA) is 17.8 Å². The minimum absolute atomic E-state index is 0.188. The van der Waals surface area contributed by atoms with Crippen molar-refractivity contribution in [2.45, 2.75) is 31.7 Å². The molecule has 1 aliphatic rings. The van der Waals surface area contributed by atoms with Gasteiger partial charge < -0.3 is 4.57 Å². The molecule has 2 nitrogen and oxygen atoms in total. The van der Waals surface area contributed by atoms with Gasteiger partial charge in [-0.15, -0.1) is 0 Å². The molecule has 0 radical (unpaired) electrons. The molecular formula is C16H16ClFN2. The van der Waals surface area contributed by atoms with Crippen molar-refractivity contribution in [3.63, 3.8) is 0 Å². The average Bonchev–Trinajstić information content (AvgIpc) is 2.98. The van der Waals surface area contributed by atoms with Gasteiger partial charge in [-0.25, -0.2) is 9.37 Å². The first-order valence-corrected chi connectivity index (χ1v) is 7.25. The molecule has 2 aromatic rings. The van der Waals surface area contributed by atoms with Crippen molar-refractivity contribution in [1.29, 1.82) is 0 Å². The van der Waals surface area contributed by atoms with Gasteiger partial charge in [-0.05, 0) is 43.4 Å². The van der Waals surface area contributed by atoms with E-state index in [-0.39, 0.29) is 11.9 Å². The first-order valence-electron chi connectivity index (χ1n) is 6.87. The molecule has 0 amide bonds. The second-order valence-corrected chi connectivity index (χ2v) is 5.48. The van der Waals surface area contributed by atoms with Crippen molar-refractivity contribution in [1.82, 2.24) is 9.55 Å². The molecule has 3 rings (SSSR count). The number of allylic oxidation sites excluding steroid dienone is 2. The Bertz CT molecular complexity index is 599. The van der Waals surface area contributed by atoms with Crippen LogP contribution in [0.25, 0.3) is 0 Å². The van der Waals surface area contributed by atoms with Crippen molar-refractivity contribution < 1.29 is 4.39 Å². The minimum atomic E-state index is -0.261. The van der Waals surface area contributed by atoms with Gasteiger partial charge in [0.15, 0.2) is 0 Å². The van der Waals surface area contributed by atoms with Crippen LogP contribution in [0.2, 0.25) is 5.02 Å². The summed E-state index contributed by atoms with van der Waals surface area (Å²) in [7, 11) is 0. The number of hydrogen-bond donors (Lipinski definition) is 0. The van der Waals surface area contributed by atoms with Crippen LogP contribution in [0.5, 0.6) is 0 Å². The van der Waals surface area contributed by atoms with Gasteiger partial charge in [0.1, 0.15) is 5.82 Å². The molecule has 1 heterocycles. The molecule has 0 saturated heterocycles. The maximum atomic E-state index is 14.3. The first kappa shape index (κ1) is 13.4. The van der Waals surface area contributed by atoms with Crippen LogP contribution in [0.3, 0.4) is 0 Å². The number of rotatable bonds is 3. The summed E-state index contributed by atoms with van der Waals surface area (Å²) in [5.74, 6) is -0.261. The molecule has 4 heteroatoms. The third kappa shape index (κ3) is 2.50. The highest BCUT2D eigenvalue weighted by Crippen LogP contribution is 2.37. The number of imidazole rings is 1. The smallest absolute Gasteiger partial charge is 0.130 e. The Morgan fingerprint density at radius 3 is 2.85 bits per heavy atom. The standard InChI is InChI=1S/C16H16ClFN2/c17-13-7-4-8-14(18)15(13)16(20-10-9-19-11-20)12-5-2-1-3-6-12/h4-5,7-11,16H,1-3,6H2. The molecule has 0 spiro atoms. The zero-order valence-electron chi connectivity index (χ0n) is 11.1. The summed E-state index contributed by atoms with van der Waals surface area (Å²) in [5.41, 5.74) is 1.77. The molecular weight excluding hydrogens is 275 g/mol. The van der Waals surface area contributed by atoms with Gasteiger partial charge in [0, 0.05) is 23.0 Å². The first-order chi connectivity index (χ1) is 9.77. The predicted octanol–water partition coefficient (Wildman–Crippen LogP) is 4.77. The second-order valence-electron chi connectivity index (χ2n) is 5.07. The van der Waals surface area contributed by atoms with Crippen molar-refractivity contribution in [2.24, 2.45) is 0 Å². The summed E-state index contributed by atoms with van der Waals surface area (Å²) in [4.78, 5) is 4.09. The molecule has 1 aromatic carbocycles. The van der Waals surface area contributed by atoms with Crippen LogP contribution in [0.4, 0.5) is 4.39 Å². The lowest BCUT2D eigenvalue weighted by atomic mass is 9.89. The zero-order chi connectivity index (χ0) is 13.9. The van der Waals surface area contributed by atoms with E-state index in [1.54, 1.807) is 24.7 Å². The predicted molar refractivity (Wildman–Crippen MR) is 78.3 cm³/mol. The van der Waals surface area contributed by atoms with Crippen molar-refractivity contribution in [3.05, 3.63) is 65.0 Å². The summed E-state index contributed by atoms with van der Waals surface area (Å²) in [5, 5.41) is 0.468. The molecule has 0 fully saturated rings.